The van der Waals surface area contributed by atoms with Crippen molar-refractivity contribution < 1.29 is 14.7 Å². The van der Waals surface area contributed by atoms with Crippen LogP contribution in [0.25, 0.3) is 16.7 Å². The topological polar surface area (TPSA) is 130 Å². The molecule has 1 aliphatic carbocycles. The number of nitrogens with one attached hydrogen (secondary N) is 1. The molecule has 0 bridgehead atoms. The fraction of sp³-hybridized carbons (Fsp3) is 0.440. The zero-order chi connectivity index (χ0) is 24.5. The molecule has 0 radical (unpaired) electrons. The Morgan fingerprint density at radius 3 is 2.51 bits per heavy atom. The van der Waals surface area contributed by atoms with Crippen LogP contribution < -0.4 is 16.0 Å². The van der Waals surface area contributed by atoms with Crippen LogP contribution in [-0.4, -0.2) is 74.7 Å². The molecule has 2 aliphatic rings. The molecule has 4 N–H and O–H groups in total. The number of carbonyl (C=O) groups excluding carboxylic acids is 2. The summed E-state index contributed by atoms with van der Waals surface area (Å²) in [5.74, 6) is 0.721. The quantitative estimate of drug-likeness (QED) is 0.512. The molecular weight excluding hydrogens is 446 g/mol. The predicted molar refractivity (Wildman–Crippen MR) is 134 cm³/mol. The average Bonchev–Trinajstić information content (AvgIpc) is 3.26. The first-order valence-electron chi connectivity index (χ1n) is 12.1. The number of aliphatic hydroxyl groups is 1. The van der Waals surface area contributed by atoms with Crippen LogP contribution in [0.4, 0.5) is 11.6 Å². The molecule has 1 saturated carbocycles. The monoisotopic (exact) mass is 477 g/mol. The predicted octanol–water partition coefficient (Wildman–Crippen LogP) is 1.90. The molecule has 2 aromatic heterocycles. The van der Waals surface area contributed by atoms with Crippen molar-refractivity contribution in [2.45, 2.75) is 44.8 Å². The van der Waals surface area contributed by atoms with Crippen LogP contribution in [0.1, 0.15) is 43.0 Å². The molecule has 184 valence electrons. The molecule has 35 heavy (non-hydrogen) atoms. The number of aliphatic hydroxyl groups excluding tert-OH is 1. The number of fused-ring (bicyclic) bond motifs is 1. The molecule has 2 amide bonds. The molecule has 10 nitrogen and oxygen atoms in total. The molecule has 1 saturated heterocycles. The Balaban J connectivity index is 1.48. The lowest BCUT2D eigenvalue weighted by Crippen LogP contribution is -2.48. The lowest BCUT2D eigenvalue weighted by Gasteiger charge is -2.36. The van der Waals surface area contributed by atoms with E-state index in [1.165, 1.54) is 0 Å². The third kappa shape index (κ3) is 4.66. The Morgan fingerprint density at radius 1 is 1.09 bits per heavy atom. The van der Waals surface area contributed by atoms with Crippen molar-refractivity contribution in [3.05, 3.63) is 42.2 Å². The normalized spacial score (nSPS) is 20.7. The van der Waals surface area contributed by atoms with Gasteiger partial charge in [-0.25, -0.2) is 4.98 Å². The summed E-state index contributed by atoms with van der Waals surface area (Å²) in [6, 6.07) is 7.93. The van der Waals surface area contributed by atoms with Gasteiger partial charge < -0.3 is 30.5 Å². The van der Waals surface area contributed by atoms with E-state index in [1.807, 2.05) is 27.7 Å². The first-order chi connectivity index (χ1) is 16.9. The number of benzene rings is 1. The molecular formula is C25H31N7O3. The smallest absolute Gasteiger partial charge is 0.250 e. The fourth-order valence-corrected chi connectivity index (χ4v) is 5.13. The summed E-state index contributed by atoms with van der Waals surface area (Å²) in [4.78, 5) is 37.3. The van der Waals surface area contributed by atoms with Gasteiger partial charge in [0.2, 0.25) is 11.9 Å². The van der Waals surface area contributed by atoms with Gasteiger partial charge in [0.1, 0.15) is 5.82 Å². The Labute approximate surface area is 203 Å². The van der Waals surface area contributed by atoms with E-state index < -0.39 is 5.91 Å². The highest BCUT2D eigenvalue weighted by molar-refractivity contribution is 6.11. The molecule has 10 heteroatoms. The number of hydrogen-bond acceptors (Lipinski definition) is 7. The van der Waals surface area contributed by atoms with E-state index in [2.05, 4.69) is 15.2 Å². The summed E-state index contributed by atoms with van der Waals surface area (Å²) >= 11 is 0. The van der Waals surface area contributed by atoms with Gasteiger partial charge in [0.25, 0.3) is 5.91 Å². The molecule has 0 atom stereocenters. The summed E-state index contributed by atoms with van der Waals surface area (Å²) < 4.78 is 1.88. The van der Waals surface area contributed by atoms with Gasteiger partial charge in [-0.15, -0.1) is 0 Å². The van der Waals surface area contributed by atoms with Crippen molar-refractivity contribution in [3.8, 4) is 5.82 Å². The van der Waals surface area contributed by atoms with Gasteiger partial charge >= 0.3 is 0 Å². The maximum Gasteiger partial charge on any atom is 0.250 e. The van der Waals surface area contributed by atoms with E-state index in [0.29, 0.717) is 43.5 Å². The van der Waals surface area contributed by atoms with Gasteiger partial charge in [-0.1, -0.05) is 6.07 Å². The first-order valence-corrected chi connectivity index (χ1v) is 12.1. The number of carbonyl (C=O) groups is 2. The number of nitrogens with two attached hydrogens (primary N) is 1. The summed E-state index contributed by atoms with van der Waals surface area (Å²) in [5, 5.41) is 13.9. The van der Waals surface area contributed by atoms with Crippen LogP contribution in [0.15, 0.2) is 36.7 Å². The second-order valence-corrected chi connectivity index (χ2v) is 9.33. The van der Waals surface area contributed by atoms with Gasteiger partial charge in [-0.3, -0.25) is 9.59 Å². The van der Waals surface area contributed by atoms with Crippen molar-refractivity contribution in [2.24, 2.45) is 5.73 Å². The number of anilines is 2. The summed E-state index contributed by atoms with van der Waals surface area (Å²) in [6.07, 6.45) is 6.49. The largest absolute Gasteiger partial charge is 0.393 e. The number of aromatic nitrogens is 3. The second-order valence-electron chi connectivity index (χ2n) is 9.33. The van der Waals surface area contributed by atoms with Crippen molar-refractivity contribution in [2.75, 3.05) is 36.4 Å². The van der Waals surface area contributed by atoms with Gasteiger partial charge in [0.15, 0.2) is 0 Å². The van der Waals surface area contributed by atoms with E-state index in [9.17, 15) is 14.7 Å². The van der Waals surface area contributed by atoms with Crippen LogP contribution in [0.2, 0.25) is 0 Å². The fourth-order valence-electron chi connectivity index (χ4n) is 5.13. The zero-order valence-electron chi connectivity index (χ0n) is 19.9. The maximum absolute atomic E-state index is 12.5. The van der Waals surface area contributed by atoms with Crippen LogP contribution in [-0.2, 0) is 4.79 Å². The highest BCUT2D eigenvalue weighted by atomic mass is 16.3. The highest BCUT2D eigenvalue weighted by Gasteiger charge is 2.25. The van der Waals surface area contributed by atoms with E-state index in [4.69, 9.17) is 10.7 Å². The number of primary amides is 1. The molecule has 2 fully saturated rings. The molecule has 1 aromatic carbocycles. The standard InChI is InChI=1S/C25H31N7O3/c1-16(33)30-11-13-31(14-12-30)20-3-2-4-21-23(20)19(24(26)35)15-32(21)22-9-10-27-25(29-22)28-17-5-7-18(34)8-6-17/h2-4,9-10,15,17-18,34H,5-8,11-14H2,1H3,(H2,26,35)(H,27,28,29). The third-order valence-corrected chi connectivity index (χ3v) is 7.06. The number of piperazine rings is 1. The highest BCUT2D eigenvalue weighted by Crippen LogP contribution is 2.33. The lowest BCUT2D eigenvalue weighted by atomic mass is 9.93. The molecule has 3 heterocycles. The summed E-state index contributed by atoms with van der Waals surface area (Å²) in [6.45, 7) is 4.22. The molecule has 5 rings (SSSR count). The van der Waals surface area contributed by atoms with E-state index >= 15 is 0 Å². The van der Waals surface area contributed by atoms with Crippen LogP contribution in [0.5, 0.6) is 0 Å². The van der Waals surface area contributed by atoms with E-state index in [0.717, 1.165) is 42.3 Å². The Kier molecular flexibility index (Phi) is 6.29. The van der Waals surface area contributed by atoms with Crippen molar-refractivity contribution in [1.29, 1.82) is 0 Å². The summed E-state index contributed by atoms with van der Waals surface area (Å²) in [5.41, 5.74) is 7.99. The number of amides is 2. The number of rotatable bonds is 5. The van der Waals surface area contributed by atoms with E-state index in [1.54, 1.807) is 25.4 Å². The van der Waals surface area contributed by atoms with Crippen LogP contribution in [0, 0.1) is 0 Å². The first kappa shape index (κ1) is 23.1. The Morgan fingerprint density at radius 2 is 1.83 bits per heavy atom. The molecule has 0 unspecified atom stereocenters. The average molecular weight is 478 g/mol. The Bertz CT molecular complexity index is 1240. The van der Waals surface area contributed by atoms with Crippen LogP contribution in [0.3, 0.4) is 0 Å². The molecule has 3 aromatic rings. The minimum Gasteiger partial charge on any atom is -0.393 e. The zero-order valence-corrected chi connectivity index (χ0v) is 19.9. The number of hydrogen-bond donors (Lipinski definition) is 3. The summed E-state index contributed by atoms with van der Waals surface area (Å²) in [7, 11) is 0. The van der Waals surface area contributed by atoms with E-state index in [-0.39, 0.29) is 18.1 Å². The van der Waals surface area contributed by atoms with Gasteiger partial charge in [0, 0.05) is 62.6 Å². The van der Waals surface area contributed by atoms with Crippen molar-refractivity contribution in [1.82, 2.24) is 19.4 Å². The van der Waals surface area contributed by atoms with Crippen LogP contribution >= 0.6 is 0 Å². The van der Waals surface area contributed by atoms with Gasteiger partial charge in [-0.05, 0) is 43.9 Å². The maximum atomic E-state index is 12.5. The van der Waals surface area contributed by atoms with Gasteiger partial charge in [-0.2, -0.15) is 4.98 Å². The minimum absolute atomic E-state index is 0.0735. The van der Waals surface area contributed by atoms with Crippen molar-refractivity contribution >= 4 is 34.4 Å². The molecule has 1 aliphatic heterocycles. The Hall–Kier alpha value is -3.66. The third-order valence-electron chi connectivity index (χ3n) is 7.06. The second kappa shape index (κ2) is 9.53. The minimum atomic E-state index is -0.503. The lowest BCUT2D eigenvalue weighted by molar-refractivity contribution is -0.129. The number of nitrogens with zero attached hydrogens (tertiary/aromatic N) is 5. The van der Waals surface area contributed by atoms with Gasteiger partial charge in [0.05, 0.1) is 17.2 Å². The van der Waals surface area contributed by atoms with Crippen molar-refractivity contribution in [3.63, 3.8) is 0 Å². The molecule has 0 spiro atoms. The SMILES string of the molecule is CC(=O)N1CCN(c2cccc3c2c(C(N)=O)cn3-c2ccnc(NC3CCC(O)CC3)n2)CC1.